The van der Waals surface area contributed by atoms with E-state index >= 15 is 0 Å². The van der Waals surface area contributed by atoms with Crippen LogP contribution in [0.1, 0.15) is 344 Å². The van der Waals surface area contributed by atoms with E-state index < -0.39 is 97.5 Å². The Labute approximate surface area is 543 Å². The molecule has 0 saturated carbocycles. The second kappa shape index (κ2) is 59.8. The SMILES string of the molecule is CC(C)CCCCCCCCCCCCCCCCCCC(=O)O[C@H](COC(=O)CCCCCCCCCCC(C)C)COP(=O)(O)OC[C@@H](O)COP(=O)(O)OC[C@@H](COC(=O)CCCCCCCCC(C)C)OC(=O)CCCCCCCCCC(C)C. The zero-order chi connectivity index (χ0) is 66.1. The van der Waals surface area contributed by atoms with Gasteiger partial charge in [0.05, 0.1) is 26.4 Å². The highest BCUT2D eigenvalue weighted by atomic mass is 31.2. The molecule has 0 aliphatic heterocycles. The van der Waals surface area contributed by atoms with Gasteiger partial charge in [-0.15, -0.1) is 0 Å². The van der Waals surface area contributed by atoms with Gasteiger partial charge in [0.25, 0.3) is 0 Å². The minimum Gasteiger partial charge on any atom is -0.462 e. The average molecular weight is 1310 g/mol. The fourth-order valence-corrected chi connectivity index (χ4v) is 12.1. The molecule has 5 atom stereocenters. The van der Waals surface area contributed by atoms with Crippen molar-refractivity contribution in [2.24, 2.45) is 23.7 Å². The molecule has 0 heterocycles. The van der Waals surface area contributed by atoms with Crippen LogP contribution in [-0.4, -0.2) is 96.7 Å². The number of rotatable bonds is 67. The summed E-state index contributed by atoms with van der Waals surface area (Å²) >= 11 is 0. The van der Waals surface area contributed by atoms with Crippen LogP contribution in [0.15, 0.2) is 0 Å². The lowest BCUT2D eigenvalue weighted by Crippen LogP contribution is -2.30. The van der Waals surface area contributed by atoms with Crippen LogP contribution in [0.5, 0.6) is 0 Å². The predicted molar refractivity (Wildman–Crippen MR) is 358 cm³/mol. The fraction of sp³-hybridized carbons (Fsp3) is 0.943. The molecule has 0 aromatic heterocycles. The number of aliphatic hydroxyl groups excluding tert-OH is 1. The monoisotopic (exact) mass is 1310 g/mol. The van der Waals surface area contributed by atoms with Crippen LogP contribution in [0.25, 0.3) is 0 Å². The van der Waals surface area contributed by atoms with Crippen LogP contribution in [0, 0.1) is 23.7 Å². The van der Waals surface area contributed by atoms with E-state index in [-0.39, 0.29) is 25.7 Å². The first-order valence-corrected chi connectivity index (χ1v) is 39.2. The number of hydrogen-bond acceptors (Lipinski definition) is 15. The molecular weight excluding hydrogens is 1170 g/mol. The molecule has 17 nitrogen and oxygen atoms in total. The summed E-state index contributed by atoms with van der Waals surface area (Å²) in [5.41, 5.74) is 0. The molecule has 0 radical (unpaired) electrons. The van der Waals surface area contributed by atoms with E-state index in [0.29, 0.717) is 37.5 Å². The lowest BCUT2D eigenvalue weighted by atomic mass is 10.0. The van der Waals surface area contributed by atoms with Crippen molar-refractivity contribution in [1.29, 1.82) is 0 Å². The minimum absolute atomic E-state index is 0.102. The molecule has 0 spiro atoms. The van der Waals surface area contributed by atoms with Gasteiger partial charge in [-0.3, -0.25) is 37.3 Å². The Bertz CT molecular complexity index is 1760. The second-order valence-corrected chi connectivity index (χ2v) is 30.1. The minimum atomic E-state index is -4.95. The number of phosphoric ester groups is 2. The largest absolute Gasteiger partial charge is 0.472 e. The number of unbranched alkanes of at least 4 members (excludes halogenated alkanes) is 33. The van der Waals surface area contributed by atoms with Crippen molar-refractivity contribution in [3.63, 3.8) is 0 Å². The molecule has 0 aromatic rings. The average Bonchev–Trinajstić information content (AvgIpc) is 3.48. The highest BCUT2D eigenvalue weighted by Crippen LogP contribution is 2.45. The summed E-state index contributed by atoms with van der Waals surface area (Å²) in [5, 5.41) is 10.6. The number of aliphatic hydroxyl groups is 1. The highest BCUT2D eigenvalue weighted by Gasteiger charge is 2.30. The quantitative estimate of drug-likeness (QED) is 0.0222. The molecular formula is C70H136O17P2. The number of ether oxygens (including phenoxy) is 4. The third-order valence-electron chi connectivity index (χ3n) is 16.1. The molecule has 528 valence electrons. The molecule has 3 N–H and O–H groups in total. The summed E-state index contributed by atoms with van der Waals surface area (Å²) in [4.78, 5) is 72.4. The van der Waals surface area contributed by atoms with Crippen molar-refractivity contribution in [2.45, 2.75) is 363 Å². The van der Waals surface area contributed by atoms with Gasteiger partial charge in [0.15, 0.2) is 12.2 Å². The maximum Gasteiger partial charge on any atom is 0.472 e. The maximum atomic E-state index is 13.0. The number of carbonyl (C=O) groups is 4. The van der Waals surface area contributed by atoms with E-state index in [1.165, 1.54) is 141 Å². The summed E-state index contributed by atoms with van der Waals surface area (Å²) in [7, 11) is -9.90. The Morgan fingerprint density at radius 1 is 0.281 bits per heavy atom. The van der Waals surface area contributed by atoms with Gasteiger partial charge in [0.2, 0.25) is 0 Å². The number of hydrogen-bond donors (Lipinski definition) is 3. The van der Waals surface area contributed by atoms with Gasteiger partial charge in [-0.2, -0.15) is 0 Å². The van der Waals surface area contributed by atoms with E-state index in [9.17, 15) is 43.2 Å². The Morgan fingerprint density at radius 3 is 0.697 bits per heavy atom. The maximum absolute atomic E-state index is 13.0. The number of phosphoric acid groups is 2. The molecule has 0 aromatic carbocycles. The molecule has 0 bridgehead atoms. The van der Waals surface area contributed by atoms with Gasteiger partial charge < -0.3 is 33.8 Å². The summed E-state index contributed by atoms with van der Waals surface area (Å²) < 4.78 is 68.2. The van der Waals surface area contributed by atoms with E-state index in [0.717, 1.165) is 108 Å². The van der Waals surface area contributed by atoms with Crippen molar-refractivity contribution < 1.29 is 80.2 Å². The van der Waals surface area contributed by atoms with E-state index in [4.69, 9.17) is 37.0 Å². The van der Waals surface area contributed by atoms with Crippen LogP contribution in [0.4, 0.5) is 0 Å². The molecule has 0 rings (SSSR count). The van der Waals surface area contributed by atoms with E-state index in [1.807, 2.05) is 0 Å². The number of carbonyl (C=O) groups excluding carboxylic acids is 4. The lowest BCUT2D eigenvalue weighted by molar-refractivity contribution is -0.161. The summed E-state index contributed by atoms with van der Waals surface area (Å²) in [5.74, 6) is 0.776. The summed E-state index contributed by atoms with van der Waals surface area (Å²) in [6.07, 6.45) is 42.1. The summed E-state index contributed by atoms with van der Waals surface area (Å²) in [6.45, 7) is 14.0. The first-order chi connectivity index (χ1) is 42.6. The molecule has 19 heteroatoms. The van der Waals surface area contributed by atoms with Gasteiger partial charge in [0, 0.05) is 25.7 Å². The van der Waals surface area contributed by atoms with Crippen LogP contribution in [0.2, 0.25) is 0 Å². The van der Waals surface area contributed by atoms with Crippen LogP contribution in [0.3, 0.4) is 0 Å². The van der Waals surface area contributed by atoms with Crippen LogP contribution in [-0.2, 0) is 65.4 Å². The van der Waals surface area contributed by atoms with Gasteiger partial charge in [0.1, 0.15) is 19.3 Å². The molecule has 0 fully saturated rings. The molecule has 0 aliphatic rings. The Morgan fingerprint density at radius 2 is 0.472 bits per heavy atom. The van der Waals surface area contributed by atoms with Crippen LogP contribution >= 0.6 is 15.6 Å². The van der Waals surface area contributed by atoms with E-state index in [1.54, 1.807) is 0 Å². The lowest BCUT2D eigenvalue weighted by Gasteiger charge is -2.21. The standard InChI is InChI=1S/C70H136O17P2/c1-60(2)46-38-30-22-17-15-13-11-9-10-12-14-16-18-26-36-44-52-69(74)86-65(56-80-67(72)50-42-34-25-20-19-23-31-39-47-61(3)4)58-84-88(76,77)82-54-64(71)55-83-89(78,79)85-59-66(57-81-68(73)51-43-35-29-28-33-41-49-63(7)8)87-70(75)53-45-37-27-21-24-32-40-48-62(5)6/h60-66,71H,9-59H2,1-8H3,(H,76,77)(H,78,79)/t64-,65-,66-/m1/s1. The van der Waals surface area contributed by atoms with Gasteiger partial charge in [-0.05, 0) is 49.4 Å². The zero-order valence-corrected chi connectivity index (χ0v) is 59.8. The molecule has 0 saturated heterocycles. The molecule has 0 aliphatic carbocycles. The number of esters is 4. The normalized spacial score (nSPS) is 14.3. The first-order valence-electron chi connectivity index (χ1n) is 36.2. The third kappa shape index (κ3) is 64.6. The smallest absolute Gasteiger partial charge is 0.462 e. The van der Waals surface area contributed by atoms with Crippen molar-refractivity contribution in [2.75, 3.05) is 39.6 Å². The fourth-order valence-electron chi connectivity index (χ4n) is 10.5. The Kier molecular flexibility index (Phi) is 58.5. The zero-order valence-electron chi connectivity index (χ0n) is 58.1. The van der Waals surface area contributed by atoms with E-state index in [2.05, 4.69) is 55.4 Å². The predicted octanol–water partition coefficient (Wildman–Crippen LogP) is 19.7. The topological polar surface area (TPSA) is 237 Å². The molecule has 0 amide bonds. The van der Waals surface area contributed by atoms with Gasteiger partial charge in [-0.25, -0.2) is 9.13 Å². The van der Waals surface area contributed by atoms with Crippen molar-refractivity contribution in [3.05, 3.63) is 0 Å². The second-order valence-electron chi connectivity index (χ2n) is 27.2. The van der Waals surface area contributed by atoms with Gasteiger partial charge >= 0.3 is 39.5 Å². The van der Waals surface area contributed by atoms with Crippen molar-refractivity contribution in [3.8, 4) is 0 Å². The molecule has 89 heavy (non-hydrogen) atoms. The van der Waals surface area contributed by atoms with Crippen molar-refractivity contribution >= 4 is 39.5 Å². The van der Waals surface area contributed by atoms with Crippen LogP contribution < -0.4 is 0 Å². The first kappa shape index (κ1) is 87.1. The van der Waals surface area contributed by atoms with Crippen molar-refractivity contribution in [1.82, 2.24) is 0 Å². The molecule has 2 unspecified atom stereocenters. The van der Waals surface area contributed by atoms with Gasteiger partial charge in [-0.1, -0.05) is 293 Å². The third-order valence-corrected chi connectivity index (χ3v) is 18.0. The highest BCUT2D eigenvalue weighted by molar-refractivity contribution is 7.47. The Hall–Kier alpha value is -1.94. The Balaban J connectivity index is 5.19. The summed E-state index contributed by atoms with van der Waals surface area (Å²) in [6, 6.07) is 0.